The zero-order chi connectivity index (χ0) is 28.6. The van der Waals surface area contributed by atoms with Gasteiger partial charge in [-0.05, 0) is 86.4 Å². The second-order valence-electron chi connectivity index (χ2n) is 11.2. The van der Waals surface area contributed by atoms with Crippen LogP contribution in [0.25, 0.3) is 5.32 Å². The summed E-state index contributed by atoms with van der Waals surface area (Å²) >= 11 is 0. The van der Waals surface area contributed by atoms with E-state index < -0.39 is 47.0 Å². The number of imide groups is 2. The van der Waals surface area contributed by atoms with Crippen molar-refractivity contribution >= 4 is 24.2 Å². The van der Waals surface area contributed by atoms with E-state index in [9.17, 15) is 19.2 Å². The minimum absolute atomic E-state index is 0. The van der Waals surface area contributed by atoms with Crippen molar-refractivity contribution in [3.63, 3.8) is 0 Å². The summed E-state index contributed by atoms with van der Waals surface area (Å²) in [7, 11) is 0. The number of nitrogens with zero attached hydrogens (tertiary/aromatic N) is 2. The molecule has 0 saturated carbocycles. The average molecular weight is 543 g/mol. The van der Waals surface area contributed by atoms with Crippen LogP contribution in [0.15, 0.2) is 36.9 Å². The molecule has 0 aliphatic heterocycles. The van der Waals surface area contributed by atoms with Crippen LogP contribution in [0.4, 0.5) is 14.4 Å². The van der Waals surface area contributed by atoms with Gasteiger partial charge in [0.1, 0.15) is 29.2 Å². The van der Waals surface area contributed by atoms with Crippen molar-refractivity contribution < 1.29 is 67.7 Å². The molecule has 38 heavy (non-hydrogen) atoms. The van der Waals surface area contributed by atoms with Crippen LogP contribution in [0.5, 0.6) is 5.75 Å². The SMILES string of the molecule is C=CCOc1ccc(C[C@@H](C(=O)[N-]C(=O)OC(C)(C)C)N(C(=O)OC(C)(C)C)C(=O)OC(C)(C)C)cc1.[Na+]. The molecule has 1 atom stereocenters. The molecule has 0 bridgehead atoms. The number of benzene rings is 1. The normalized spacial score (nSPS) is 12.2. The third kappa shape index (κ3) is 13.8. The first-order valence-electron chi connectivity index (χ1n) is 11.9. The molecule has 0 aliphatic rings. The average Bonchev–Trinajstić information content (AvgIpc) is 2.68. The van der Waals surface area contributed by atoms with Gasteiger partial charge < -0.3 is 29.1 Å². The monoisotopic (exact) mass is 542 g/mol. The van der Waals surface area contributed by atoms with E-state index in [1.165, 1.54) is 0 Å². The largest absolute Gasteiger partial charge is 1.00 e. The van der Waals surface area contributed by atoms with Gasteiger partial charge in [0.25, 0.3) is 0 Å². The third-order valence-corrected chi connectivity index (χ3v) is 4.09. The van der Waals surface area contributed by atoms with Crippen LogP contribution in [0.3, 0.4) is 0 Å². The van der Waals surface area contributed by atoms with Gasteiger partial charge in [-0.2, -0.15) is 0 Å². The van der Waals surface area contributed by atoms with Gasteiger partial charge in [-0.3, -0.25) is 4.79 Å². The number of rotatable bonds is 7. The van der Waals surface area contributed by atoms with E-state index in [0.29, 0.717) is 22.8 Å². The first-order valence-corrected chi connectivity index (χ1v) is 11.9. The van der Waals surface area contributed by atoms with Crippen LogP contribution < -0.4 is 34.3 Å². The Labute approximate surface area is 247 Å². The van der Waals surface area contributed by atoms with E-state index >= 15 is 0 Å². The predicted octanol–water partition coefficient (Wildman–Crippen LogP) is 3.17. The summed E-state index contributed by atoms with van der Waals surface area (Å²) in [6, 6.07) is 5.09. The zero-order valence-corrected chi connectivity index (χ0v) is 26.2. The molecular weight excluding hydrogens is 503 g/mol. The van der Waals surface area contributed by atoms with Crippen LogP contribution in [0, 0.1) is 0 Å². The Morgan fingerprint density at radius 2 is 1.29 bits per heavy atom. The van der Waals surface area contributed by atoms with Crippen molar-refractivity contribution in [2.45, 2.75) is 91.6 Å². The van der Waals surface area contributed by atoms with E-state index in [4.69, 9.17) is 18.9 Å². The van der Waals surface area contributed by atoms with Gasteiger partial charge in [0.2, 0.25) is 6.09 Å². The molecule has 10 nitrogen and oxygen atoms in total. The number of hydrogen-bond donors (Lipinski definition) is 0. The Balaban J connectivity index is 0.0000137. The van der Waals surface area contributed by atoms with Crippen LogP contribution in [0.2, 0.25) is 0 Å². The number of carbonyl (C=O) groups is 4. The smallest absolute Gasteiger partial charge is 0.558 e. The molecule has 1 aromatic rings. The van der Waals surface area contributed by atoms with E-state index in [2.05, 4.69) is 11.9 Å². The van der Waals surface area contributed by atoms with Crippen LogP contribution in [-0.2, 0) is 25.4 Å². The molecule has 11 heteroatoms. The molecule has 0 N–H and O–H groups in total. The summed E-state index contributed by atoms with van der Waals surface area (Å²) < 4.78 is 21.4. The molecule has 0 fully saturated rings. The van der Waals surface area contributed by atoms with Gasteiger partial charge >= 0.3 is 41.7 Å². The van der Waals surface area contributed by atoms with E-state index in [0.717, 1.165) is 0 Å². The van der Waals surface area contributed by atoms with E-state index in [1.807, 2.05) is 0 Å². The van der Waals surface area contributed by atoms with Crippen molar-refractivity contribution in [1.29, 1.82) is 0 Å². The Morgan fingerprint density at radius 3 is 1.68 bits per heavy atom. The molecule has 0 unspecified atom stereocenters. The summed E-state index contributed by atoms with van der Waals surface area (Å²) in [5, 5.41) is 3.50. The fraction of sp³-hybridized carbons (Fsp3) is 0.556. The minimum Gasteiger partial charge on any atom is -0.558 e. The summed E-state index contributed by atoms with van der Waals surface area (Å²) in [6.45, 7) is 18.4. The number of hydrogen-bond acceptors (Lipinski definition) is 8. The second-order valence-corrected chi connectivity index (χ2v) is 11.2. The summed E-state index contributed by atoms with van der Waals surface area (Å²) in [5.41, 5.74) is -2.33. The fourth-order valence-corrected chi connectivity index (χ4v) is 2.79. The summed E-state index contributed by atoms with van der Waals surface area (Å²) in [4.78, 5) is 52.5. The van der Waals surface area contributed by atoms with Crippen molar-refractivity contribution in [3.8, 4) is 5.75 Å². The van der Waals surface area contributed by atoms with Crippen LogP contribution in [-0.4, -0.2) is 58.5 Å². The van der Waals surface area contributed by atoms with E-state index in [-0.39, 0.29) is 36.0 Å². The molecule has 0 aliphatic carbocycles. The molecule has 0 saturated heterocycles. The van der Waals surface area contributed by atoms with Gasteiger partial charge in [0.15, 0.2) is 0 Å². The molecule has 1 aromatic carbocycles. The Morgan fingerprint density at radius 1 is 0.842 bits per heavy atom. The van der Waals surface area contributed by atoms with Crippen molar-refractivity contribution in [2.24, 2.45) is 0 Å². The maximum Gasteiger partial charge on any atom is 1.00 e. The first-order chi connectivity index (χ1) is 16.8. The third-order valence-electron chi connectivity index (χ3n) is 4.09. The first kappa shape index (κ1) is 35.4. The van der Waals surface area contributed by atoms with Gasteiger partial charge in [0, 0.05) is 0 Å². The maximum absolute atomic E-state index is 13.3. The van der Waals surface area contributed by atoms with E-state index in [1.54, 1.807) is 92.7 Å². The van der Waals surface area contributed by atoms with Crippen LogP contribution in [0.1, 0.15) is 67.9 Å². The van der Waals surface area contributed by atoms with Gasteiger partial charge in [0.05, 0.1) is 11.9 Å². The van der Waals surface area contributed by atoms with Crippen molar-refractivity contribution in [3.05, 3.63) is 47.8 Å². The molecule has 0 heterocycles. The molecule has 0 radical (unpaired) electrons. The number of ether oxygens (including phenoxy) is 4. The number of carbonyl (C=O) groups excluding carboxylic acids is 4. The fourth-order valence-electron chi connectivity index (χ4n) is 2.79. The van der Waals surface area contributed by atoms with Gasteiger partial charge in [-0.1, -0.05) is 24.8 Å². The molecule has 206 valence electrons. The van der Waals surface area contributed by atoms with Gasteiger partial charge in [-0.25, -0.2) is 14.5 Å². The summed E-state index contributed by atoms with van der Waals surface area (Å²) in [5.74, 6) is -0.515. The second kappa shape index (κ2) is 14.6. The minimum atomic E-state index is -1.56. The molecular formula is C27H39N2NaO8. The quantitative estimate of drug-likeness (QED) is 0.293. The predicted molar refractivity (Wildman–Crippen MR) is 139 cm³/mol. The molecule has 1 rings (SSSR count). The molecule has 4 amide bonds. The Kier molecular flexibility index (Phi) is 13.6. The molecule has 0 aromatic heterocycles. The molecule has 0 spiro atoms. The zero-order valence-electron chi connectivity index (χ0n) is 24.2. The standard InChI is InChI=1S/C27H40N2O8.Na/c1-11-16-34-19-14-12-18(13-15-19)17-20(21(30)28-22(31)35-25(2,3)4)29(23(32)36-26(5,6)7)24(33)37-27(8,9)10;/h11-15,20H,1,16-17H2,2-10H3,(H,28,30,31);/q;+1/p-1/t20-;/m0./s1. The topological polar surface area (TPSA) is 123 Å². The van der Waals surface area contributed by atoms with Crippen LogP contribution >= 0.6 is 0 Å². The number of amides is 4. The maximum atomic E-state index is 13.3. The summed E-state index contributed by atoms with van der Waals surface area (Å²) in [6.07, 6.45) is -1.97. The Bertz CT molecular complexity index is 945. The Hall–Kier alpha value is -2.56. The van der Waals surface area contributed by atoms with Crippen molar-refractivity contribution in [1.82, 2.24) is 4.90 Å². The van der Waals surface area contributed by atoms with Crippen molar-refractivity contribution in [2.75, 3.05) is 6.61 Å². The van der Waals surface area contributed by atoms with Gasteiger partial charge in [-0.15, -0.1) is 0 Å².